The van der Waals surface area contributed by atoms with Gasteiger partial charge in [-0.1, -0.05) is 72.3 Å². The summed E-state index contributed by atoms with van der Waals surface area (Å²) < 4.78 is 39.5. The number of alkyl halides is 3. The lowest BCUT2D eigenvalue weighted by Crippen LogP contribution is -2.52. The van der Waals surface area contributed by atoms with E-state index in [0.29, 0.717) is 19.6 Å². The molecular weight excluding hydrogens is 491 g/mol. The number of rotatable bonds is 6. The largest absolute Gasteiger partial charge is 0.416 e. The van der Waals surface area contributed by atoms with E-state index in [9.17, 15) is 22.8 Å². The van der Waals surface area contributed by atoms with Crippen molar-refractivity contribution in [3.63, 3.8) is 0 Å². The number of amides is 2. The molecule has 1 saturated heterocycles. The fraction of sp³-hybridized carbons (Fsp3) is 0.259. The zero-order valence-electron chi connectivity index (χ0n) is 19.3. The summed E-state index contributed by atoms with van der Waals surface area (Å²) in [7, 11) is 0. The Morgan fingerprint density at radius 3 is 2.11 bits per heavy atom. The zero-order chi connectivity index (χ0) is 25.7. The average Bonchev–Trinajstić information content (AvgIpc) is 2.88. The number of hydrogen-bond acceptors (Lipinski definition) is 3. The van der Waals surface area contributed by atoms with Crippen LogP contribution in [-0.2, 0) is 17.5 Å². The molecule has 3 aromatic rings. The summed E-state index contributed by atoms with van der Waals surface area (Å²) in [6, 6.07) is 21.3. The Kier molecular flexibility index (Phi) is 7.96. The maximum atomic E-state index is 13.3. The minimum absolute atomic E-state index is 0.108. The van der Waals surface area contributed by atoms with E-state index in [1.165, 1.54) is 11.0 Å². The van der Waals surface area contributed by atoms with Crippen LogP contribution in [0.15, 0.2) is 78.9 Å². The topological polar surface area (TPSA) is 52.7 Å². The molecule has 1 heterocycles. The van der Waals surface area contributed by atoms with Gasteiger partial charge in [-0.3, -0.25) is 14.5 Å². The van der Waals surface area contributed by atoms with E-state index < -0.39 is 23.7 Å². The normalized spacial score (nSPS) is 15.4. The Labute approximate surface area is 212 Å². The van der Waals surface area contributed by atoms with Crippen molar-refractivity contribution >= 4 is 23.4 Å². The molecule has 1 aliphatic rings. The summed E-state index contributed by atoms with van der Waals surface area (Å²) in [6.45, 7) is 1.69. The van der Waals surface area contributed by atoms with Gasteiger partial charge in [0.2, 0.25) is 5.91 Å². The Balaban J connectivity index is 1.46. The lowest BCUT2D eigenvalue weighted by Gasteiger charge is -2.39. The minimum atomic E-state index is -4.60. The van der Waals surface area contributed by atoms with Crippen LogP contribution in [0.3, 0.4) is 0 Å². The van der Waals surface area contributed by atoms with Crippen molar-refractivity contribution in [1.82, 2.24) is 15.1 Å². The first-order valence-electron chi connectivity index (χ1n) is 11.5. The summed E-state index contributed by atoms with van der Waals surface area (Å²) in [5.41, 5.74) is 0.736. The van der Waals surface area contributed by atoms with Crippen molar-refractivity contribution in [2.45, 2.75) is 18.8 Å². The van der Waals surface area contributed by atoms with Gasteiger partial charge in [0, 0.05) is 43.3 Å². The molecule has 5 nitrogen and oxygen atoms in total. The van der Waals surface area contributed by atoms with Crippen molar-refractivity contribution in [2.24, 2.45) is 0 Å². The van der Waals surface area contributed by atoms with Crippen LogP contribution in [0.2, 0.25) is 5.02 Å². The van der Waals surface area contributed by atoms with Crippen molar-refractivity contribution < 1.29 is 22.8 Å². The number of carbonyl (C=O) groups is 2. The van der Waals surface area contributed by atoms with Gasteiger partial charge in [-0.05, 0) is 29.3 Å². The van der Waals surface area contributed by atoms with Crippen molar-refractivity contribution in [2.75, 3.05) is 26.2 Å². The Morgan fingerprint density at radius 1 is 0.889 bits per heavy atom. The Morgan fingerprint density at radius 2 is 1.50 bits per heavy atom. The van der Waals surface area contributed by atoms with Crippen LogP contribution in [0.25, 0.3) is 0 Å². The molecule has 0 aliphatic carbocycles. The second-order valence-corrected chi connectivity index (χ2v) is 9.01. The third kappa shape index (κ3) is 6.25. The summed E-state index contributed by atoms with van der Waals surface area (Å²) in [5.74, 6) is -0.679. The van der Waals surface area contributed by atoms with Gasteiger partial charge in [-0.15, -0.1) is 0 Å². The van der Waals surface area contributed by atoms with Gasteiger partial charge in [0.05, 0.1) is 5.56 Å². The molecular formula is C27H25ClF3N3O2. The monoisotopic (exact) mass is 515 g/mol. The summed E-state index contributed by atoms with van der Waals surface area (Å²) in [6.07, 6.45) is -4.60. The van der Waals surface area contributed by atoms with Gasteiger partial charge >= 0.3 is 6.18 Å². The first-order chi connectivity index (χ1) is 17.2. The molecule has 1 N–H and O–H groups in total. The fourth-order valence-corrected chi connectivity index (χ4v) is 4.52. The fourth-order valence-electron chi connectivity index (χ4n) is 4.29. The molecule has 0 radical (unpaired) electrons. The van der Waals surface area contributed by atoms with Crippen LogP contribution in [0.4, 0.5) is 13.2 Å². The van der Waals surface area contributed by atoms with E-state index in [0.717, 1.165) is 23.3 Å². The summed E-state index contributed by atoms with van der Waals surface area (Å²) >= 11 is 5.86. The van der Waals surface area contributed by atoms with E-state index in [1.54, 1.807) is 0 Å². The Hall–Kier alpha value is -3.36. The van der Waals surface area contributed by atoms with Crippen LogP contribution in [0.5, 0.6) is 0 Å². The third-order valence-electron chi connectivity index (χ3n) is 6.11. The molecule has 0 saturated carbocycles. The van der Waals surface area contributed by atoms with E-state index in [1.807, 2.05) is 65.6 Å². The maximum Gasteiger partial charge on any atom is 0.416 e. The van der Waals surface area contributed by atoms with E-state index in [-0.39, 0.29) is 29.6 Å². The molecule has 0 bridgehead atoms. The predicted octanol–water partition coefficient (Wildman–Crippen LogP) is 5.17. The van der Waals surface area contributed by atoms with Gasteiger partial charge < -0.3 is 10.2 Å². The van der Waals surface area contributed by atoms with Gasteiger partial charge in [0.1, 0.15) is 6.04 Å². The van der Waals surface area contributed by atoms with Crippen molar-refractivity contribution in [3.05, 3.63) is 106 Å². The highest BCUT2D eigenvalue weighted by Gasteiger charge is 2.34. The molecule has 36 heavy (non-hydrogen) atoms. The van der Waals surface area contributed by atoms with Gasteiger partial charge in [0.25, 0.3) is 5.91 Å². The number of nitrogens with zero attached hydrogens (tertiary/aromatic N) is 2. The highest BCUT2D eigenvalue weighted by molar-refractivity contribution is 6.31. The smallest absolute Gasteiger partial charge is 0.350 e. The number of carbonyl (C=O) groups excluding carboxylic acids is 2. The highest BCUT2D eigenvalue weighted by Crippen LogP contribution is 2.32. The predicted molar refractivity (Wildman–Crippen MR) is 131 cm³/mol. The van der Waals surface area contributed by atoms with E-state index >= 15 is 0 Å². The number of benzene rings is 3. The van der Waals surface area contributed by atoms with Crippen LogP contribution in [0.1, 0.15) is 33.1 Å². The molecule has 3 aromatic carbocycles. The summed E-state index contributed by atoms with van der Waals surface area (Å²) in [5, 5.41) is 2.85. The molecule has 1 atom stereocenters. The third-order valence-corrected chi connectivity index (χ3v) is 6.33. The molecule has 0 unspecified atom stereocenters. The molecule has 0 aromatic heterocycles. The standard InChI is InChI=1S/C27H25ClF3N3O2/c28-23-16-21(15-22(17-23)27(29,30)31)26(36)34-13-11-33(12-14-34)24(20-9-5-2-6-10-20)25(35)32-18-19-7-3-1-4-8-19/h1-10,15-17,24H,11-14,18H2,(H,32,35)/t24-/m1/s1. The molecule has 4 rings (SSSR count). The molecule has 188 valence electrons. The van der Waals surface area contributed by atoms with Crippen LogP contribution >= 0.6 is 11.6 Å². The SMILES string of the molecule is O=C(NCc1ccccc1)[C@@H](c1ccccc1)N1CCN(C(=O)c2cc(Cl)cc(C(F)(F)F)c2)CC1. The van der Waals surface area contributed by atoms with Crippen molar-refractivity contribution in [1.29, 1.82) is 0 Å². The zero-order valence-corrected chi connectivity index (χ0v) is 20.1. The number of halogens is 4. The number of nitrogens with one attached hydrogen (secondary N) is 1. The van der Waals surface area contributed by atoms with E-state index in [4.69, 9.17) is 11.6 Å². The van der Waals surface area contributed by atoms with Crippen molar-refractivity contribution in [3.8, 4) is 0 Å². The second-order valence-electron chi connectivity index (χ2n) is 8.57. The lowest BCUT2D eigenvalue weighted by molar-refractivity contribution is -0.137. The van der Waals surface area contributed by atoms with Gasteiger partial charge in [-0.2, -0.15) is 13.2 Å². The van der Waals surface area contributed by atoms with Gasteiger partial charge in [0.15, 0.2) is 0 Å². The molecule has 9 heteroatoms. The second kappa shape index (κ2) is 11.1. The summed E-state index contributed by atoms with van der Waals surface area (Å²) in [4.78, 5) is 29.7. The maximum absolute atomic E-state index is 13.3. The number of hydrogen-bond donors (Lipinski definition) is 1. The molecule has 0 spiro atoms. The minimum Gasteiger partial charge on any atom is -0.350 e. The van der Waals surface area contributed by atoms with E-state index in [2.05, 4.69) is 5.32 Å². The molecule has 2 amide bonds. The quantitative estimate of drug-likeness (QED) is 0.492. The van der Waals surface area contributed by atoms with Gasteiger partial charge in [-0.25, -0.2) is 0 Å². The van der Waals surface area contributed by atoms with Crippen LogP contribution in [-0.4, -0.2) is 47.8 Å². The molecule has 1 aliphatic heterocycles. The lowest BCUT2D eigenvalue weighted by atomic mass is 10.0. The van der Waals surface area contributed by atoms with Crippen LogP contribution < -0.4 is 5.32 Å². The number of piperazine rings is 1. The first-order valence-corrected chi connectivity index (χ1v) is 11.9. The Bertz CT molecular complexity index is 1200. The first kappa shape index (κ1) is 25.7. The van der Waals surface area contributed by atoms with Crippen LogP contribution in [0, 0.1) is 0 Å². The highest BCUT2D eigenvalue weighted by atomic mass is 35.5. The average molecular weight is 516 g/mol. The molecule has 1 fully saturated rings.